The average molecular weight is 276 g/mol. The highest BCUT2D eigenvalue weighted by Crippen LogP contribution is 2.21. The van der Waals surface area contributed by atoms with Gasteiger partial charge in [-0.15, -0.1) is 11.3 Å². The van der Waals surface area contributed by atoms with Crippen LogP contribution in [0.15, 0.2) is 23.6 Å². The Balaban J connectivity index is 2.14. The molecule has 5 heteroatoms. The van der Waals surface area contributed by atoms with Gasteiger partial charge in [0.2, 0.25) is 0 Å². The number of hydrogen-bond acceptors (Lipinski definition) is 4. The number of aromatic nitrogens is 1. The molecule has 0 spiro atoms. The zero-order valence-corrected chi connectivity index (χ0v) is 11.8. The Morgan fingerprint density at radius 1 is 1.47 bits per heavy atom. The average Bonchev–Trinajstić information content (AvgIpc) is 2.84. The van der Waals surface area contributed by atoms with Crippen molar-refractivity contribution >= 4 is 17.2 Å². The van der Waals surface area contributed by atoms with Crippen molar-refractivity contribution in [2.75, 3.05) is 0 Å². The number of rotatable bonds is 5. The van der Waals surface area contributed by atoms with E-state index in [1.54, 1.807) is 17.4 Å². The third kappa shape index (κ3) is 3.32. The summed E-state index contributed by atoms with van der Waals surface area (Å²) < 4.78 is 5.67. The quantitative estimate of drug-likeness (QED) is 0.913. The van der Waals surface area contributed by atoms with Gasteiger partial charge in [0.15, 0.2) is 0 Å². The highest BCUT2D eigenvalue weighted by atomic mass is 32.1. The fraction of sp³-hybridized carbons (Fsp3) is 0.286. The first kappa shape index (κ1) is 13.5. The van der Waals surface area contributed by atoms with Crippen LogP contribution in [0.2, 0.25) is 0 Å². The zero-order valence-electron chi connectivity index (χ0n) is 11.0. The van der Waals surface area contributed by atoms with Crippen molar-refractivity contribution in [1.29, 1.82) is 0 Å². The highest BCUT2D eigenvalue weighted by molar-refractivity contribution is 7.09. The van der Waals surface area contributed by atoms with E-state index in [9.17, 15) is 4.79 Å². The SMILES string of the molecule is CCc1nc(COc2cc(C)ccc2C(N)=O)cs1. The molecular weight excluding hydrogens is 260 g/mol. The van der Waals surface area contributed by atoms with Crippen LogP contribution in [0, 0.1) is 6.92 Å². The summed E-state index contributed by atoms with van der Waals surface area (Å²) in [5.41, 5.74) is 7.62. The molecule has 19 heavy (non-hydrogen) atoms. The molecule has 0 fully saturated rings. The number of carbonyl (C=O) groups excluding carboxylic acids is 1. The van der Waals surface area contributed by atoms with Crippen molar-refractivity contribution in [1.82, 2.24) is 4.98 Å². The smallest absolute Gasteiger partial charge is 0.252 e. The molecule has 1 heterocycles. The maximum atomic E-state index is 11.3. The van der Waals surface area contributed by atoms with Gasteiger partial charge in [0.25, 0.3) is 5.91 Å². The molecule has 1 amide bonds. The van der Waals surface area contributed by atoms with Crippen LogP contribution in [0.3, 0.4) is 0 Å². The number of nitrogens with two attached hydrogens (primary N) is 1. The topological polar surface area (TPSA) is 65.2 Å². The second-order valence-corrected chi connectivity index (χ2v) is 5.18. The van der Waals surface area contributed by atoms with Crippen molar-refractivity contribution < 1.29 is 9.53 Å². The van der Waals surface area contributed by atoms with Gasteiger partial charge in [0, 0.05) is 5.38 Å². The van der Waals surface area contributed by atoms with Crippen molar-refractivity contribution in [2.24, 2.45) is 5.73 Å². The molecule has 2 N–H and O–H groups in total. The molecule has 4 nitrogen and oxygen atoms in total. The lowest BCUT2D eigenvalue weighted by Gasteiger charge is -2.09. The molecule has 0 atom stereocenters. The van der Waals surface area contributed by atoms with E-state index in [4.69, 9.17) is 10.5 Å². The molecule has 100 valence electrons. The van der Waals surface area contributed by atoms with Gasteiger partial charge in [-0.25, -0.2) is 4.98 Å². The summed E-state index contributed by atoms with van der Waals surface area (Å²) >= 11 is 1.62. The van der Waals surface area contributed by atoms with Crippen LogP contribution >= 0.6 is 11.3 Å². The summed E-state index contributed by atoms with van der Waals surface area (Å²) in [6.45, 7) is 4.35. The van der Waals surface area contributed by atoms with E-state index in [0.29, 0.717) is 17.9 Å². The van der Waals surface area contributed by atoms with Gasteiger partial charge in [-0.2, -0.15) is 0 Å². The van der Waals surface area contributed by atoms with Gasteiger partial charge < -0.3 is 10.5 Å². The van der Waals surface area contributed by atoms with Crippen LogP contribution in [0.4, 0.5) is 0 Å². The van der Waals surface area contributed by atoms with Crippen molar-refractivity contribution in [3.63, 3.8) is 0 Å². The van der Waals surface area contributed by atoms with E-state index in [-0.39, 0.29) is 0 Å². The van der Waals surface area contributed by atoms with E-state index in [2.05, 4.69) is 11.9 Å². The first-order valence-electron chi connectivity index (χ1n) is 6.06. The van der Waals surface area contributed by atoms with Crippen LogP contribution < -0.4 is 10.5 Å². The monoisotopic (exact) mass is 276 g/mol. The predicted octanol–water partition coefficient (Wildman–Crippen LogP) is 2.69. The Morgan fingerprint density at radius 3 is 2.89 bits per heavy atom. The molecule has 0 bridgehead atoms. The first-order chi connectivity index (χ1) is 9.10. The third-order valence-electron chi connectivity index (χ3n) is 2.68. The molecule has 0 aliphatic carbocycles. The van der Waals surface area contributed by atoms with E-state index in [0.717, 1.165) is 22.7 Å². The largest absolute Gasteiger partial charge is 0.486 e. The van der Waals surface area contributed by atoms with Crippen LogP contribution in [-0.2, 0) is 13.0 Å². The standard InChI is InChI=1S/C14H16N2O2S/c1-3-13-16-10(8-19-13)7-18-12-6-9(2)4-5-11(12)14(15)17/h4-6,8H,3,7H2,1-2H3,(H2,15,17). The lowest BCUT2D eigenvalue weighted by atomic mass is 10.1. The minimum Gasteiger partial charge on any atom is -0.486 e. The van der Waals surface area contributed by atoms with E-state index < -0.39 is 5.91 Å². The number of carbonyl (C=O) groups is 1. The summed E-state index contributed by atoms with van der Waals surface area (Å²) in [5, 5.41) is 3.05. The fourth-order valence-electron chi connectivity index (χ4n) is 1.68. The Morgan fingerprint density at radius 2 is 2.26 bits per heavy atom. The Kier molecular flexibility index (Phi) is 4.16. The maximum Gasteiger partial charge on any atom is 0.252 e. The number of benzene rings is 1. The third-order valence-corrected chi connectivity index (χ3v) is 3.72. The first-order valence-corrected chi connectivity index (χ1v) is 6.94. The van der Waals surface area contributed by atoms with Crippen LogP contribution in [0.1, 0.15) is 33.5 Å². The molecular formula is C14H16N2O2S. The predicted molar refractivity (Wildman–Crippen MR) is 75.5 cm³/mol. The number of primary amides is 1. The Labute approximate surface area is 116 Å². The number of aryl methyl sites for hydroxylation is 2. The fourth-order valence-corrected chi connectivity index (χ4v) is 2.41. The van der Waals surface area contributed by atoms with Gasteiger partial charge >= 0.3 is 0 Å². The normalized spacial score (nSPS) is 10.4. The lowest BCUT2D eigenvalue weighted by molar-refractivity contribution is 0.0996. The number of nitrogens with zero attached hydrogens (tertiary/aromatic N) is 1. The van der Waals surface area contributed by atoms with Gasteiger partial charge in [-0.05, 0) is 31.0 Å². The second kappa shape index (κ2) is 5.84. The maximum absolute atomic E-state index is 11.3. The molecule has 0 saturated carbocycles. The van der Waals surface area contributed by atoms with Crippen LogP contribution in [0.5, 0.6) is 5.75 Å². The van der Waals surface area contributed by atoms with E-state index in [1.807, 2.05) is 24.4 Å². The molecule has 0 unspecified atom stereocenters. The second-order valence-electron chi connectivity index (χ2n) is 4.24. The highest BCUT2D eigenvalue weighted by Gasteiger charge is 2.10. The van der Waals surface area contributed by atoms with Crippen molar-refractivity contribution in [3.8, 4) is 5.75 Å². The zero-order chi connectivity index (χ0) is 13.8. The summed E-state index contributed by atoms with van der Waals surface area (Å²) in [6, 6.07) is 5.34. The van der Waals surface area contributed by atoms with E-state index in [1.165, 1.54) is 0 Å². The molecule has 0 radical (unpaired) electrons. The molecule has 0 saturated heterocycles. The molecule has 0 aliphatic heterocycles. The summed E-state index contributed by atoms with van der Waals surface area (Å²) in [5.74, 6) is 0.0288. The van der Waals surface area contributed by atoms with Gasteiger partial charge in [0.1, 0.15) is 12.4 Å². The number of hydrogen-bond donors (Lipinski definition) is 1. The molecule has 0 aliphatic rings. The molecule has 2 rings (SSSR count). The summed E-state index contributed by atoms with van der Waals surface area (Å²) in [4.78, 5) is 15.7. The number of amides is 1. The van der Waals surface area contributed by atoms with Gasteiger partial charge in [0.05, 0.1) is 16.3 Å². The minimum atomic E-state index is -0.484. The molecule has 1 aromatic carbocycles. The Hall–Kier alpha value is -1.88. The van der Waals surface area contributed by atoms with Gasteiger partial charge in [-0.3, -0.25) is 4.79 Å². The summed E-state index contributed by atoms with van der Waals surface area (Å²) in [7, 11) is 0. The van der Waals surface area contributed by atoms with Crippen molar-refractivity contribution in [2.45, 2.75) is 26.9 Å². The lowest BCUT2D eigenvalue weighted by Crippen LogP contribution is -2.13. The number of ether oxygens (including phenoxy) is 1. The minimum absolute atomic E-state index is 0.347. The van der Waals surface area contributed by atoms with Gasteiger partial charge in [-0.1, -0.05) is 13.0 Å². The Bertz CT molecular complexity index is 593. The van der Waals surface area contributed by atoms with Crippen molar-refractivity contribution in [3.05, 3.63) is 45.4 Å². The van der Waals surface area contributed by atoms with E-state index >= 15 is 0 Å². The van der Waals surface area contributed by atoms with Crippen LogP contribution in [-0.4, -0.2) is 10.9 Å². The number of thiazole rings is 1. The molecule has 1 aromatic heterocycles. The summed E-state index contributed by atoms with van der Waals surface area (Å²) in [6.07, 6.45) is 0.918. The molecule has 2 aromatic rings. The van der Waals surface area contributed by atoms with Crippen LogP contribution in [0.25, 0.3) is 0 Å².